The van der Waals surface area contributed by atoms with Gasteiger partial charge in [-0.1, -0.05) is 170 Å². The van der Waals surface area contributed by atoms with Crippen LogP contribution in [0.1, 0.15) is 0 Å². The van der Waals surface area contributed by atoms with Crippen LogP contribution in [0.5, 0.6) is 0 Å². The van der Waals surface area contributed by atoms with Crippen molar-refractivity contribution in [3.63, 3.8) is 0 Å². The number of hydrogen-bond donors (Lipinski definition) is 0. The second-order valence-corrected chi connectivity index (χ2v) is 17.8. The van der Waals surface area contributed by atoms with Crippen molar-refractivity contribution in [3.8, 4) is 67.3 Å². The first-order chi connectivity index (χ1) is 34.2. The van der Waals surface area contributed by atoms with Gasteiger partial charge in [0.05, 0.1) is 33.5 Å². The molecule has 0 saturated carbocycles. The first-order valence-corrected chi connectivity index (χ1v) is 23.5. The zero-order chi connectivity index (χ0) is 45.4. The summed E-state index contributed by atoms with van der Waals surface area (Å²) in [7, 11) is 0. The van der Waals surface area contributed by atoms with E-state index < -0.39 is 0 Å². The molecule has 0 N–H and O–H groups in total. The van der Waals surface area contributed by atoms with Crippen molar-refractivity contribution in [2.45, 2.75) is 0 Å². The molecule has 14 rings (SSSR count). The Labute approximate surface area is 398 Å². The summed E-state index contributed by atoms with van der Waals surface area (Å²) in [6.45, 7) is 0. The highest BCUT2D eigenvalue weighted by molar-refractivity contribution is 6.18. The summed E-state index contributed by atoms with van der Waals surface area (Å²) in [5, 5.41) is 6.94. The lowest BCUT2D eigenvalue weighted by molar-refractivity contribution is 0.671. The number of hydrogen-bond acceptors (Lipinski definition) is 2. The third kappa shape index (κ3) is 6.27. The zero-order valence-electron chi connectivity index (χ0n) is 37.4. The fraction of sp³-hybridized carbons (Fsp3) is 0. The lowest BCUT2D eigenvalue weighted by atomic mass is 9.90. The van der Waals surface area contributed by atoms with E-state index in [4.69, 9.17) is 9.40 Å². The highest BCUT2D eigenvalue weighted by atomic mass is 16.3. The number of benzene rings is 10. The molecule has 0 fully saturated rings. The molecule has 0 unspecified atom stereocenters. The Bertz CT molecular complexity index is 4220. The Morgan fingerprint density at radius 2 is 0.739 bits per heavy atom. The second kappa shape index (κ2) is 15.7. The van der Waals surface area contributed by atoms with Gasteiger partial charge in [0.25, 0.3) is 0 Å². The largest absolute Gasteiger partial charge is 0.455 e. The van der Waals surface area contributed by atoms with Gasteiger partial charge >= 0.3 is 0 Å². The number of pyridine rings is 1. The molecule has 4 heteroatoms. The van der Waals surface area contributed by atoms with E-state index in [0.717, 1.165) is 94.7 Å². The van der Waals surface area contributed by atoms with Crippen molar-refractivity contribution in [1.82, 2.24) is 14.1 Å². The minimum absolute atomic E-state index is 0.849. The van der Waals surface area contributed by atoms with Crippen molar-refractivity contribution in [2.75, 3.05) is 0 Å². The van der Waals surface area contributed by atoms with Crippen LogP contribution in [-0.4, -0.2) is 14.1 Å². The number of rotatable bonds is 7. The van der Waals surface area contributed by atoms with Gasteiger partial charge in [-0.15, -0.1) is 0 Å². The van der Waals surface area contributed by atoms with Crippen molar-refractivity contribution < 1.29 is 4.42 Å². The first kappa shape index (κ1) is 39.0. The van der Waals surface area contributed by atoms with E-state index in [-0.39, 0.29) is 0 Å². The van der Waals surface area contributed by atoms with Crippen LogP contribution in [0, 0.1) is 0 Å². The molecule has 0 atom stereocenters. The van der Waals surface area contributed by atoms with Crippen LogP contribution in [0.2, 0.25) is 0 Å². The SMILES string of the molecule is c1ccc(-c2cc(-c3ccc4c(oc5c(-c6ccc7c(c6)c6ccccc6n7-c6ccccc6)cccc54)c3-c3ccc4c(c3)c3ccccc3n4-c3ccccc3)cc(-c3ccccc3)n2)cc1. The van der Waals surface area contributed by atoms with Crippen LogP contribution in [0.15, 0.2) is 253 Å². The summed E-state index contributed by atoms with van der Waals surface area (Å²) < 4.78 is 12.2. The van der Waals surface area contributed by atoms with Gasteiger partial charge in [-0.05, 0) is 101 Å². The average Bonchev–Trinajstić information content (AvgIpc) is 4.09. The lowest BCUT2D eigenvalue weighted by Gasteiger charge is -2.15. The summed E-state index contributed by atoms with van der Waals surface area (Å²) in [4.78, 5) is 5.28. The smallest absolute Gasteiger partial charge is 0.143 e. The van der Waals surface area contributed by atoms with E-state index in [0.29, 0.717) is 0 Å². The summed E-state index contributed by atoms with van der Waals surface area (Å²) in [6.07, 6.45) is 0. The second-order valence-electron chi connectivity index (χ2n) is 17.8. The highest BCUT2D eigenvalue weighted by Gasteiger charge is 2.23. The molecule has 0 aliphatic carbocycles. The van der Waals surface area contributed by atoms with Gasteiger partial charge < -0.3 is 13.6 Å². The molecule has 4 heterocycles. The maximum Gasteiger partial charge on any atom is 0.143 e. The third-order valence-corrected chi connectivity index (χ3v) is 13.9. The van der Waals surface area contributed by atoms with Gasteiger partial charge in [-0.3, -0.25) is 0 Å². The van der Waals surface area contributed by atoms with Crippen LogP contribution >= 0.6 is 0 Å². The van der Waals surface area contributed by atoms with Gasteiger partial charge in [-0.25, -0.2) is 4.98 Å². The van der Waals surface area contributed by atoms with Gasteiger partial charge in [0.2, 0.25) is 0 Å². The van der Waals surface area contributed by atoms with Gasteiger partial charge in [0.15, 0.2) is 0 Å². The van der Waals surface area contributed by atoms with Crippen LogP contribution < -0.4 is 0 Å². The van der Waals surface area contributed by atoms with Crippen LogP contribution in [-0.2, 0) is 0 Å². The van der Waals surface area contributed by atoms with Gasteiger partial charge in [-0.2, -0.15) is 0 Å². The molecule has 0 bridgehead atoms. The lowest BCUT2D eigenvalue weighted by Crippen LogP contribution is -1.94. The van der Waals surface area contributed by atoms with E-state index in [1.54, 1.807) is 0 Å². The molecule has 4 aromatic heterocycles. The molecule has 322 valence electrons. The summed E-state index contributed by atoms with van der Waals surface area (Å²) >= 11 is 0. The van der Waals surface area contributed by atoms with Crippen molar-refractivity contribution in [3.05, 3.63) is 249 Å². The van der Waals surface area contributed by atoms with Crippen molar-refractivity contribution >= 4 is 65.6 Å². The summed E-state index contributed by atoms with van der Waals surface area (Å²) in [5.41, 5.74) is 19.0. The van der Waals surface area contributed by atoms with Crippen LogP contribution in [0.3, 0.4) is 0 Å². The fourth-order valence-corrected chi connectivity index (χ4v) is 10.8. The molecule has 0 saturated heterocycles. The van der Waals surface area contributed by atoms with Crippen molar-refractivity contribution in [1.29, 1.82) is 0 Å². The topological polar surface area (TPSA) is 35.9 Å². The average molecular weight is 880 g/mol. The zero-order valence-corrected chi connectivity index (χ0v) is 37.4. The number of nitrogens with zero attached hydrogens (tertiary/aromatic N) is 3. The Balaban J connectivity index is 1.04. The number of fused-ring (bicyclic) bond motifs is 9. The maximum absolute atomic E-state index is 7.44. The number of furan rings is 1. The third-order valence-electron chi connectivity index (χ3n) is 13.9. The molecular formula is C65H41N3O. The maximum atomic E-state index is 7.44. The molecule has 4 nitrogen and oxygen atoms in total. The van der Waals surface area contributed by atoms with Gasteiger partial charge in [0.1, 0.15) is 11.2 Å². The minimum atomic E-state index is 0.849. The highest BCUT2D eigenvalue weighted by Crippen LogP contribution is 2.47. The molecule has 0 amide bonds. The van der Waals surface area contributed by atoms with E-state index in [9.17, 15) is 0 Å². The van der Waals surface area contributed by atoms with Crippen LogP contribution in [0.4, 0.5) is 0 Å². The summed E-state index contributed by atoms with van der Waals surface area (Å²) in [6, 6.07) is 89.1. The predicted molar refractivity (Wildman–Crippen MR) is 287 cm³/mol. The molecule has 0 spiro atoms. The standard InChI is InChI=1S/C65H41N3O/c1-5-18-42(19-6-1)57-40-46(41-58(66-57)43-20-7-2-8-21-43)49-34-35-54-53-29-17-28-50(44-32-36-61-55(38-44)51-26-13-15-30-59(51)67(61)47-22-9-3-10-23-47)64(53)69-65(54)63(49)45-33-37-62-56(39-45)52-27-14-16-31-60(52)68(62)48-24-11-4-12-25-48/h1-41H. The molecule has 0 aliphatic heterocycles. The van der Waals surface area contributed by atoms with E-state index in [2.05, 4.69) is 258 Å². The Kier molecular flexibility index (Phi) is 8.86. The predicted octanol–water partition coefficient (Wildman–Crippen LogP) is 17.5. The molecule has 10 aromatic carbocycles. The van der Waals surface area contributed by atoms with Gasteiger partial charge in [0, 0.05) is 65.9 Å². The molecule has 0 radical (unpaired) electrons. The van der Waals surface area contributed by atoms with Crippen molar-refractivity contribution in [2.24, 2.45) is 0 Å². The van der Waals surface area contributed by atoms with E-state index in [1.807, 2.05) is 0 Å². The molecule has 14 aromatic rings. The summed E-state index contributed by atoms with van der Waals surface area (Å²) in [5.74, 6) is 0. The number of aromatic nitrogens is 3. The van der Waals surface area contributed by atoms with E-state index in [1.165, 1.54) is 38.1 Å². The molecular weight excluding hydrogens is 839 g/mol. The quantitative estimate of drug-likeness (QED) is 0.160. The Morgan fingerprint density at radius 3 is 1.32 bits per heavy atom. The Hall–Kier alpha value is -9.25. The minimum Gasteiger partial charge on any atom is -0.455 e. The van der Waals surface area contributed by atoms with Crippen LogP contribution in [0.25, 0.3) is 133 Å². The fourth-order valence-electron chi connectivity index (χ4n) is 10.8. The molecule has 69 heavy (non-hydrogen) atoms. The molecule has 0 aliphatic rings. The Morgan fingerprint density at radius 1 is 0.275 bits per heavy atom. The number of para-hydroxylation sites is 5. The monoisotopic (exact) mass is 879 g/mol. The van der Waals surface area contributed by atoms with E-state index >= 15 is 0 Å². The first-order valence-electron chi connectivity index (χ1n) is 23.5. The normalized spacial score (nSPS) is 11.8.